The maximum Gasteiger partial charge on any atom is 0.257 e. The topological polar surface area (TPSA) is 34.0 Å². The predicted molar refractivity (Wildman–Crippen MR) is 79.0 cm³/mol. The third kappa shape index (κ3) is 2.66. The fraction of sp³-hybridized carbons (Fsp3) is 0.267. The number of carbonyl (C=O) groups excluding carboxylic acids is 1. The summed E-state index contributed by atoms with van der Waals surface area (Å²) in [5, 5.41) is 3.52. The number of hydrogen-bond donors (Lipinski definition) is 1. The number of benzene rings is 1. The zero-order valence-corrected chi connectivity index (χ0v) is 12.3. The van der Waals surface area contributed by atoms with Crippen LogP contribution in [0.15, 0.2) is 24.3 Å². The summed E-state index contributed by atoms with van der Waals surface area (Å²) >= 11 is 6.05. The van der Waals surface area contributed by atoms with Gasteiger partial charge in [0.1, 0.15) is 0 Å². The van der Waals surface area contributed by atoms with Crippen LogP contribution in [0, 0.1) is 20.8 Å². The van der Waals surface area contributed by atoms with Crippen LogP contribution < -0.4 is 5.32 Å². The number of rotatable bonds is 2. The van der Waals surface area contributed by atoms with Gasteiger partial charge < -0.3 is 9.88 Å². The summed E-state index contributed by atoms with van der Waals surface area (Å²) < 4.78 is 2.00. The molecule has 4 heteroatoms. The number of aromatic nitrogens is 1. The molecule has 2 aromatic rings. The number of anilines is 1. The van der Waals surface area contributed by atoms with Gasteiger partial charge in [0, 0.05) is 29.1 Å². The molecule has 0 atom stereocenters. The molecule has 19 heavy (non-hydrogen) atoms. The van der Waals surface area contributed by atoms with Crippen LogP contribution in [0.1, 0.15) is 27.3 Å². The molecular formula is C15H17ClN2O. The highest BCUT2D eigenvalue weighted by atomic mass is 35.5. The van der Waals surface area contributed by atoms with Crippen LogP contribution >= 0.6 is 11.6 Å². The minimum absolute atomic E-state index is 0.110. The van der Waals surface area contributed by atoms with Gasteiger partial charge >= 0.3 is 0 Å². The van der Waals surface area contributed by atoms with E-state index in [4.69, 9.17) is 11.6 Å². The molecule has 0 radical (unpaired) electrons. The molecule has 0 unspecified atom stereocenters. The van der Waals surface area contributed by atoms with Gasteiger partial charge in [-0.2, -0.15) is 0 Å². The van der Waals surface area contributed by atoms with Gasteiger partial charge in [0.05, 0.1) is 5.56 Å². The fourth-order valence-corrected chi connectivity index (χ4v) is 2.13. The van der Waals surface area contributed by atoms with Crippen LogP contribution in [0.4, 0.5) is 5.69 Å². The summed E-state index contributed by atoms with van der Waals surface area (Å²) in [5.41, 5.74) is 4.41. The maximum absolute atomic E-state index is 12.2. The van der Waals surface area contributed by atoms with E-state index < -0.39 is 0 Å². The van der Waals surface area contributed by atoms with E-state index in [-0.39, 0.29) is 5.91 Å². The predicted octanol–water partition coefficient (Wildman–Crippen LogP) is 3.86. The molecule has 0 aliphatic carbocycles. The van der Waals surface area contributed by atoms with Crippen molar-refractivity contribution in [2.45, 2.75) is 20.8 Å². The van der Waals surface area contributed by atoms with Crippen LogP contribution in [-0.4, -0.2) is 10.5 Å². The van der Waals surface area contributed by atoms with Gasteiger partial charge in [-0.25, -0.2) is 0 Å². The second-order valence-electron chi connectivity index (χ2n) is 4.76. The first kappa shape index (κ1) is 13.7. The van der Waals surface area contributed by atoms with E-state index in [1.807, 2.05) is 50.6 Å². The molecule has 3 nitrogen and oxygen atoms in total. The number of aryl methyl sites for hydroxylation is 2. The average Bonchev–Trinajstić information content (AvgIpc) is 2.62. The van der Waals surface area contributed by atoms with E-state index in [9.17, 15) is 4.79 Å². The van der Waals surface area contributed by atoms with Gasteiger partial charge in [-0.15, -0.1) is 0 Å². The van der Waals surface area contributed by atoms with E-state index >= 15 is 0 Å². The Labute approximate surface area is 118 Å². The van der Waals surface area contributed by atoms with Crippen LogP contribution in [0.5, 0.6) is 0 Å². The highest BCUT2D eigenvalue weighted by Gasteiger charge is 2.14. The normalized spacial score (nSPS) is 10.6. The molecule has 100 valence electrons. The summed E-state index contributed by atoms with van der Waals surface area (Å²) in [6.45, 7) is 5.84. The van der Waals surface area contributed by atoms with Gasteiger partial charge in [-0.3, -0.25) is 4.79 Å². The largest absolute Gasteiger partial charge is 0.351 e. The zero-order chi connectivity index (χ0) is 14.2. The van der Waals surface area contributed by atoms with Crippen molar-refractivity contribution in [2.75, 3.05) is 5.32 Å². The molecular weight excluding hydrogens is 260 g/mol. The molecule has 0 bridgehead atoms. The van der Waals surface area contributed by atoms with E-state index in [0.717, 1.165) is 17.0 Å². The Morgan fingerprint density at radius 3 is 2.42 bits per heavy atom. The molecule has 0 saturated heterocycles. The first-order valence-electron chi connectivity index (χ1n) is 6.10. The Kier molecular flexibility index (Phi) is 3.67. The number of carbonyl (C=O) groups is 1. The lowest BCUT2D eigenvalue weighted by atomic mass is 10.2. The quantitative estimate of drug-likeness (QED) is 0.888. The van der Waals surface area contributed by atoms with Crippen LogP contribution in [0.2, 0.25) is 5.02 Å². The van der Waals surface area contributed by atoms with Gasteiger partial charge in [-0.05, 0) is 44.5 Å². The van der Waals surface area contributed by atoms with Crippen molar-refractivity contribution in [2.24, 2.45) is 7.05 Å². The van der Waals surface area contributed by atoms with Crippen LogP contribution in [0.3, 0.4) is 0 Å². The molecule has 1 aromatic heterocycles. The molecule has 0 spiro atoms. The lowest BCUT2D eigenvalue weighted by molar-refractivity contribution is 0.102. The van der Waals surface area contributed by atoms with E-state index in [1.165, 1.54) is 0 Å². The van der Waals surface area contributed by atoms with Gasteiger partial charge in [0.25, 0.3) is 5.91 Å². The van der Waals surface area contributed by atoms with Gasteiger partial charge in [0.15, 0.2) is 0 Å². The minimum atomic E-state index is -0.110. The molecule has 2 rings (SSSR count). The maximum atomic E-state index is 12.2. The van der Waals surface area contributed by atoms with E-state index in [0.29, 0.717) is 16.3 Å². The Hall–Kier alpha value is -1.74. The summed E-state index contributed by atoms with van der Waals surface area (Å²) in [6, 6.07) is 7.39. The van der Waals surface area contributed by atoms with Gasteiger partial charge in [0.2, 0.25) is 0 Å². The summed E-state index contributed by atoms with van der Waals surface area (Å²) in [5.74, 6) is -0.110. The Morgan fingerprint density at radius 1 is 1.21 bits per heavy atom. The van der Waals surface area contributed by atoms with Crippen LogP contribution in [0.25, 0.3) is 0 Å². The van der Waals surface area contributed by atoms with E-state index in [1.54, 1.807) is 6.07 Å². The third-order valence-corrected chi connectivity index (χ3v) is 3.86. The Balaban J connectivity index is 2.25. The number of nitrogens with zero attached hydrogens (tertiary/aromatic N) is 1. The highest BCUT2D eigenvalue weighted by Crippen LogP contribution is 2.21. The summed E-state index contributed by atoms with van der Waals surface area (Å²) in [7, 11) is 1.95. The number of amides is 1. The van der Waals surface area contributed by atoms with Crippen molar-refractivity contribution in [3.05, 3.63) is 51.8 Å². The van der Waals surface area contributed by atoms with E-state index in [2.05, 4.69) is 5.32 Å². The lowest BCUT2D eigenvalue weighted by Crippen LogP contribution is -2.12. The number of halogens is 1. The van der Waals surface area contributed by atoms with Crippen molar-refractivity contribution >= 4 is 23.2 Å². The first-order chi connectivity index (χ1) is 8.90. The zero-order valence-electron chi connectivity index (χ0n) is 11.5. The van der Waals surface area contributed by atoms with Crippen molar-refractivity contribution in [1.82, 2.24) is 4.57 Å². The smallest absolute Gasteiger partial charge is 0.257 e. The van der Waals surface area contributed by atoms with Crippen molar-refractivity contribution in [1.29, 1.82) is 0 Å². The lowest BCUT2D eigenvalue weighted by Gasteiger charge is -2.07. The molecule has 1 heterocycles. The standard InChI is InChI=1S/C15H17ClN2O/c1-9-5-6-12(8-14(9)16)17-15(19)13-7-10(2)18(4)11(13)3/h5-8H,1-4H3,(H,17,19). The summed E-state index contributed by atoms with van der Waals surface area (Å²) in [4.78, 5) is 12.2. The minimum Gasteiger partial charge on any atom is -0.351 e. The molecule has 1 N–H and O–H groups in total. The van der Waals surface area contributed by atoms with Crippen molar-refractivity contribution in [3.8, 4) is 0 Å². The second kappa shape index (κ2) is 5.10. The molecule has 0 aliphatic rings. The van der Waals surface area contributed by atoms with Gasteiger partial charge in [-0.1, -0.05) is 17.7 Å². The molecule has 0 aliphatic heterocycles. The number of nitrogens with one attached hydrogen (secondary N) is 1. The summed E-state index contributed by atoms with van der Waals surface area (Å²) in [6.07, 6.45) is 0. The molecule has 1 aromatic carbocycles. The average molecular weight is 277 g/mol. The molecule has 0 fully saturated rings. The fourth-order valence-electron chi connectivity index (χ4n) is 1.95. The first-order valence-corrected chi connectivity index (χ1v) is 6.48. The molecule has 0 saturated carbocycles. The highest BCUT2D eigenvalue weighted by molar-refractivity contribution is 6.31. The SMILES string of the molecule is Cc1ccc(NC(=O)c2cc(C)n(C)c2C)cc1Cl. The van der Waals surface area contributed by atoms with Crippen molar-refractivity contribution < 1.29 is 4.79 Å². The van der Waals surface area contributed by atoms with Crippen molar-refractivity contribution in [3.63, 3.8) is 0 Å². The number of hydrogen-bond acceptors (Lipinski definition) is 1. The molecule has 1 amide bonds. The van der Waals surface area contributed by atoms with Crippen LogP contribution in [-0.2, 0) is 7.05 Å². The Morgan fingerprint density at radius 2 is 1.89 bits per heavy atom. The monoisotopic (exact) mass is 276 g/mol. The second-order valence-corrected chi connectivity index (χ2v) is 5.17. The third-order valence-electron chi connectivity index (χ3n) is 3.45. The Bertz CT molecular complexity index is 644.